The average molecular weight is 272 g/mol. The number of nitrogens with zero attached hydrogens (tertiary/aromatic N) is 1. The normalized spacial score (nSPS) is 12.1. The molecule has 0 aliphatic carbocycles. The van der Waals surface area contributed by atoms with Crippen LogP contribution in [0.15, 0.2) is 6.20 Å². The Hall–Kier alpha value is -1.47. The first-order valence-electron chi connectivity index (χ1n) is 5.49. The Bertz CT molecular complexity index is 419. The molecule has 0 aliphatic rings. The lowest BCUT2D eigenvalue weighted by molar-refractivity contribution is -0.139. The van der Waals surface area contributed by atoms with Crippen molar-refractivity contribution in [2.24, 2.45) is 0 Å². The standard InChI is InChI=1S/C11H16N2O4S/c1-7-12-6-9(18-7)10(14)13-8(11(15)16)4-3-5-17-2/h6,8H,3-5H2,1-2H3,(H,13,14)(H,15,16). The zero-order valence-electron chi connectivity index (χ0n) is 10.3. The Morgan fingerprint density at radius 3 is 2.83 bits per heavy atom. The Morgan fingerprint density at radius 2 is 2.33 bits per heavy atom. The summed E-state index contributed by atoms with van der Waals surface area (Å²) >= 11 is 1.24. The van der Waals surface area contributed by atoms with Gasteiger partial charge in [-0.25, -0.2) is 9.78 Å². The van der Waals surface area contributed by atoms with E-state index in [9.17, 15) is 9.59 Å². The highest BCUT2D eigenvalue weighted by atomic mass is 32.1. The summed E-state index contributed by atoms with van der Waals surface area (Å²) in [5.74, 6) is -1.44. The van der Waals surface area contributed by atoms with Gasteiger partial charge in [-0.2, -0.15) is 0 Å². The van der Waals surface area contributed by atoms with Crippen LogP contribution < -0.4 is 5.32 Å². The fourth-order valence-electron chi connectivity index (χ4n) is 1.38. The smallest absolute Gasteiger partial charge is 0.326 e. The van der Waals surface area contributed by atoms with Crippen molar-refractivity contribution in [3.63, 3.8) is 0 Å². The first kappa shape index (κ1) is 14.6. The summed E-state index contributed by atoms with van der Waals surface area (Å²) in [5.41, 5.74) is 0. The number of carboxylic acid groups (broad SMARTS) is 1. The second-order valence-corrected chi connectivity index (χ2v) is 4.98. The van der Waals surface area contributed by atoms with E-state index in [0.717, 1.165) is 5.01 Å². The Morgan fingerprint density at radius 1 is 1.61 bits per heavy atom. The number of methoxy groups -OCH3 is 1. The highest BCUT2D eigenvalue weighted by Crippen LogP contribution is 2.11. The van der Waals surface area contributed by atoms with E-state index in [1.54, 1.807) is 14.0 Å². The molecule has 100 valence electrons. The van der Waals surface area contributed by atoms with Crippen LogP contribution in [-0.4, -0.2) is 41.7 Å². The lowest BCUT2D eigenvalue weighted by Crippen LogP contribution is -2.40. The summed E-state index contributed by atoms with van der Waals surface area (Å²) in [7, 11) is 1.55. The number of hydrogen-bond donors (Lipinski definition) is 2. The minimum Gasteiger partial charge on any atom is -0.480 e. The molecule has 0 radical (unpaired) electrons. The van der Waals surface area contributed by atoms with Gasteiger partial charge < -0.3 is 15.2 Å². The third-order valence-corrected chi connectivity index (χ3v) is 3.20. The zero-order valence-corrected chi connectivity index (χ0v) is 11.1. The van der Waals surface area contributed by atoms with Gasteiger partial charge in [0.15, 0.2) is 0 Å². The number of aliphatic carboxylic acids is 1. The molecule has 0 bridgehead atoms. The number of amides is 1. The minimum atomic E-state index is -1.04. The fraction of sp³-hybridized carbons (Fsp3) is 0.545. The van der Waals surface area contributed by atoms with Crippen molar-refractivity contribution in [1.82, 2.24) is 10.3 Å². The molecular formula is C11H16N2O4S. The predicted molar refractivity (Wildman–Crippen MR) is 66.9 cm³/mol. The van der Waals surface area contributed by atoms with E-state index in [1.165, 1.54) is 17.5 Å². The van der Waals surface area contributed by atoms with Gasteiger partial charge in [-0.3, -0.25) is 4.79 Å². The summed E-state index contributed by atoms with van der Waals surface area (Å²) in [5, 5.41) is 12.3. The number of nitrogens with one attached hydrogen (secondary N) is 1. The Kier molecular flexibility index (Phi) is 5.73. The summed E-state index contributed by atoms with van der Waals surface area (Å²) in [6, 6.07) is -0.893. The predicted octanol–water partition coefficient (Wildman–Crippen LogP) is 1.06. The molecule has 0 aromatic carbocycles. The lowest BCUT2D eigenvalue weighted by Gasteiger charge is -2.13. The second-order valence-electron chi connectivity index (χ2n) is 3.74. The van der Waals surface area contributed by atoms with Gasteiger partial charge >= 0.3 is 5.97 Å². The van der Waals surface area contributed by atoms with E-state index in [-0.39, 0.29) is 0 Å². The molecule has 1 amide bonds. The maximum atomic E-state index is 11.8. The molecular weight excluding hydrogens is 256 g/mol. The van der Waals surface area contributed by atoms with E-state index < -0.39 is 17.9 Å². The molecule has 6 nitrogen and oxygen atoms in total. The highest BCUT2D eigenvalue weighted by Gasteiger charge is 2.21. The molecule has 1 aromatic rings. The van der Waals surface area contributed by atoms with Crippen LogP contribution >= 0.6 is 11.3 Å². The Labute approximate surface area is 109 Å². The van der Waals surface area contributed by atoms with Crippen LogP contribution in [0.25, 0.3) is 0 Å². The van der Waals surface area contributed by atoms with Gasteiger partial charge in [-0.1, -0.05) is 0 Å². The first-order chi connectivity index (χ1) is 8.54. The molecule has 1 heterocycles. The molecule has 0 saturated heterocycles. The molecule has 2 N–H and O–H groups in total. The maximum Gasteiger partial charge on any atom is 0.326 e. The van der Waals surface area contributed by atoms with Gasteiger partial charge in [-0.05, 0) is 19.8 Å². The number of ether oxygens (including phenoxy) is 1. The van der Waals surface area contributed by atoms with E-state index >= 15 is 0 Å². The van der Waals surface area contributed by atoms with Crippen molar-refractivity contribution >= 4 is 23.2 Å². The molecule has 0 aliphatic heterocycles. The molecule has 7 heteroatoms. The molecule has 1 rings (SSSR count). The number of carbonyl (C=O) groups excluding carboxylic acids is 1. The van der Waals surface area contributed by atoms with E-state index in [2.05, 4.69) is 10.3 Å². The summed E-state index contributed by atoms with van der Waals surface area (Å²) in [6.07, 6.45) is 2.37. The topological polar surface area (TPSA) is 88.5 Å². The van der Waals surface area contributed by atoms with Crippen molar-refractivity contribution in [3.8, 4) is 0 Å². The van der Waals surface area contributed by atoms with Gasteiger partial charge in [0.2, 0.25) is 0 Å². The summed E-state index contributed by atoms with van der Waals surface area (Å²) < 4.78 is 4.85. The average Bonchev–Trinajstić information content (AvgIpc) is 2.74. The molecule has 0 saturated carbocycles. The van der Waals surface area contributed by atoms with Gasteiger partial charge in [0.1, 0.15) is 10.9 Å². The van der Waals surface area contributed by atoms with Crippen molar-refractivity contribution < 1.29 is 19.4 Å². The highest BCUT2D eigenvalue weighted by molar-refractivity contribution is 7.13. The SMILES string of the molecule is COCCCC(NC(=O)c1cnc(C)s1)C(=O)O. The van der Waals surface area contributed by atoms with Crippen LogP contribution in [0.1, 0.15) is 27.5 Å². The molecule has 0 spiro atoms. The fourth-order valence-corrected chi connectivity index (χ4v) is 2.07. The van der Waals surface area contributed by atoms with E-state index in [0.29, 0.717) is 24.3 Å². The van der Waals surface area contributed by atoms with Crippen LogP contribution in [0.2, 0.25) is 0 Å². The number of thiazole rings is 1. The van der Waals surface area contributed by atoms with Crippen molar-refractivity contribution in [3.05, 3.63) is 16.1 Å². The number of carboxylic acids is 1. The van der Waals surface area contributed by atoms with Gasteiger partial charge in [0.25, 0.3) is 5.91 Å². The lowest BCUT2D eigenvalue weighted by atomic mass is 10.1. The molecule has 1 unspecified atom stereocenters. The maximum absolute atomic E-state index is 11.8. The van der Waals surface area contributed by atoms with Crippen LogP contribution in [0, 0.1) is 6.92 Å². The monoisotopic (exact) mass is 272 g/mol. The third kappa shape index (κ3) is 4.42. The largest absolute Gasteiger partial charge is 0.480 e. The summed E-state index contributed by atoms with van der Waals surface area (Å²) in [4.78, 5) is 27.1. The second kappa shape index (κ2) is 7.07. The number of carbonyl (C=O) groups is 2. The van der Waals surface area contributed by atoms with Crippen molar-refractivity contribution in [1.29, 1.82) is 0 Å². The van der Waals surface area contributed by atoms with Gasteiger partial charge in [-0.15, -0.1) is 11.3 Å². The number of aryl methyl sites for hydroxylation is 1. The van der Waals surface area contributed by atoms with Gasteiger partial charge in [0, 0.05) is 13.7 Å². The molecule has 18 heavy (non-hydrogen) atoms. The molecule has 1 aromatic heterocycles. The van der Waals surface area contributed by atoms with E-state index in [1.807, 2.05) is 0 Å². The van der Waals surface area contributed by atoms with Crippen molar-refractivity contribution in [2.45, 2.75) is 25.8 Å². The number of hydrogen-bond acceptors (Lipinski definition) is 5. The minimum absolute atomic E-state index is 0.340. The van der Waals surface area contributed by atoms with Crippen LogP contribution in [0.4, 0.5) is 0 Å². The van der Waals surface area contributed by atoms with Gasteiger partial charge in [0.05, 0.1) is 11.2 Å². The first-order valence-corrected chi connectivity index (χ1v) is 6.31. The van der Waals surface area contributed by atoms with Crippen LogP contribution in [0.5, 0.6) is 0 Å². The van der Waals surface area contributed by atoms with Crippen molar-refractivity contribution in [2.75, 3.05) is 13.7 Å². The quantitative estimate of drug-likeness (QED) is 0.725. The number of rotatable bonds is 7. The third-order valence-electron chi connectivity index (χ3n) is 2.29. The van der Waals surface area contributed by atoms with Crippen LogP contribution in [-0.2, 0) is 9.53 Å². The Balaban J connectivity index is 2.55. The van der Waals surface area contributed by atoms with Crippen LogP contribution in [0.3, 0.4) is 0 Å². The molecule has 1 atom stereocenters. The number of aromatic nitrogens is 1. The summed E-state index contributed by atoms with van der Waals surface area (Å²) in [6.45, 7) is 2.26. The zero-order chi connectivity index (χ0) is 13.5. The molecule has 0 fully saturated rings. The van der Waals surface area contributed by atoms with E-state index in [4.69, 9.17) is 9.84 Å².